The number of nitrogens with zero attached hydrogens (tertiary/aromatic N) is 2. The lowest BCUT2D eigenvalue weighted by Gasteiger charge is -2.22. The summed E-state index contributed by atoms with van der Waals surface area (Å²) in [5, 5.41) is 10.4. The van der Waals surface area contributed by atoms with Gasteiger partial charge in [-0.05, 0) is 39.8 Å². The van der Waals surface area contributed by atoms with Crippen molar-refractivity contribution in [3.05, 3.63) is 50.8 Å². The van der Waals surface area contributed by atoms with Crippen LogP contribution in [0.1, 0.15) is 52.9 Å². The SMILES string of the molecule is Cc1nc2c(c(-c3ccc(Cl)cc3Cl)c1C(=O)O)C(=O)N(CC(=O)OC(C)(C)C)C2. The Hall–Kier alpha value is -2.64. The molecule has 9 heteroatoms. The van der Waals surface area contributed by atoms with Gasteiger partial charge in [-0.1, -0.05) is 29.3 Å². The largest absolute Gasteiger partial charge is 0.478 e. The van der Waals surface area contributed by atoms with Gasteiger partial charge in [0, 0.05) is 21.2 Å². The van der Waals surface area contributed by atoms with Crippen LogP contribution in [0, 0.1) is 6.92 Å². The van der Waals surface area contributed by atoms with E-state index in [4.69, 9.17) is 27.9 Å². The van der Waals surface area contributed by atoms with Gasteiger partial charge in [-0.3, -0.25) is 14.6 Å². The van der Waals surface area contributed by atoms with Crippen molar-refractivity contribution >= 4 is 41.0 Å². The number of hydrogen-bond acceptors (Lipinski definition) is 5. The van der Waals surface area contributed by atoms with Crippen molar-refractivity contribution in [1.29, 1.82) is 0 Å². The van der Waals surface area contributed by atoms with Crippen LogP contribution in [-0.4, -0.2) is 45.0 Å². The van der Waals surface area contributed by atoms with Gasteiger partial charge in [0.05, 0.1) is 29.1 Å². The molecule has 0 fully saturated rings. The van der Waals surface area contributed by atoms with Crippen LogP contribution in [0.25, 0.3) is 11.1 Å². The molecule has 30 heavy (non-hydrogen) atoms. The Morgan fingerprint density at radius 3 is 2.47 bits per heavy atom. The maximum atomic E-state index is 13.2. The molecule has 1 aromatic heterocycles. The molecule has 0 spiro atoms. The molecule has 3 rings (SSSR count). The van der Waals surface area contributed by atoms with Crippen LogP contribution in [0.3, 0.4) is 0 Å². The number of carbonyl (C=O) groups excluding carboxylic acids is 2. The Bertz CT molecular complexity index is 1080. The number of ether oxygens (including phenoxy) is 1. The molecular weight excluding hydrogens is 431 g/mol. The normalized spacial score (nSPS) is 13.4. The zero-order chi connectivity index (χ0) is 22.4. The molecule has 158 valence electrons. The van der Waals surface area contributed by atoms with Crippen LogP contribution in [0.5, 0.6) is 0 Å². The average Bonchev–Trinajstić information content (AvgIpc) is 2.87. The fourth-order valence-electron chi connectivity index (χ4n) is 3.40. The highest BCUT2D eigenvalue weighted by atomic mass is 35.5. The van der Waals surface area contributed by atoms with Gasteiger partial charge in [0.15, 0.2) is 0 Å². The highest BCUT2D eigenvalue weighted by molar-refractivity contribution is 6.37. The van der Waals surface area contributed by atoms with Gasteiger partial charge in [-0.25, -0.2) is 4.79 Å². The molecule has 0 radical (unpaired) electrons. The van der Waals surface area contributed by atoms with Crippen LogP contribution in [0.2, 0.25) is 10.0 Å². The lowest BCUT2D eigenvalue weighted by Crippen LogP contribution is -2.35. The summed E-state index contributed by atoms with van der Waals surface area (Å²) in [5.74, 6) is -2.31. The van der Waals surface area contributed by atoms with Crippen molar-refractivity contribution < 1.29 is 24.2 Å². The second-order valence-electron chi connectivity index (χ2n) is 7.95. The van der Waals surface area contributed by atoms with E-state index in [-0.39, 0.29) is 40.5 Å². The maximum Gasteiger partial charge on any atom is 0.338 e. The van der Waals surface area contributed by atoms with Crippen LogP contribution in [0.15, 0.2) is 18.2 Å². The minimum absolute atomic E-state index is 0.0619. The predicted octanol–water partition coefficient (Wildman–Crippen LogP) is 4.36. The highest BCUT2D eigenvalue weighted by Crippen LogP contribution is 2.40. The molecule has 0 bridgehead atoms. The van der Waals surface area contributed by atoms with E-state index in [9.17, 15) is 19.5 Å². The number of amides is 1. The van der Waals surface area contributed by atoms with Crippen molar-refractivity contribution in [1.82, 2.24) is 9.88 Å². The third-order valence-corrected chi connectivity index (χ3v) is 5.00. The second-order valence-corrected chi connectivity index (χ2v) is 8.79. The molecule has 1 aromatic carbocycles. The Kier molecular flexibility index (Phi) is 5.80. The van der Waals surface area contributed by atoms with Crippen LogP contribution in [-0.2, 0) is 16.1 Å². The van der Waals surface area contributed by atoms with Crippen LogP contribution >= 0.6 is 23.2 Å². The number of esters is 1. The fraction of sp³-hybridized carbons (Fsp3) is 0.333. The van der Waals surface area contributed by atoms with Gasteiger partial charge < -0.3 is 14.7 Å². The quantitative estimate of drug-likeness (QED) is 0.694. The molecule has 0 saturated heterocycles. The van der Waals surface area contributed by atoms with E-state index in [0.717, 1.165) is 0 Å². The number of halogens is 2. The molecule has 1 N–H and O–H groups in total. The number of carboxylic acids is 1. The Morgan fingerprint density at radius 2 is 1.90 bits per heavy atom. The minimum atomic E-state index is -1.23. The molecule has 0 unspecified atom stereocenters. The van der Waals surface area contributed by atoms with Crippen LogP contribution in [0.4, 0.5) is 0 Å². The van der Waals surface area contributed by atoms with Gasteiger partial charge >= 0.3 is 11.9 Å². The molecule has 0 aliphatic carbocycles. The number of aromatic carboxylic acids is 1. The van der Waals surface area contributed by atoms with Crippen molar-refractivity contribution in [2.75, 3.05) is 6.54 Å². The molecule has 1 aliphatic heterocycles. The molecule has 0 saturated carbocycles. The van der Waals surface area contributed by atoms with Crippen molar-refractivity contribution in [2.45, 2.75) is 39.8 Å². The smallest absolute Gasteiger partial charge is 0.338 e. The Balaban J connectivity index is 2.12. The molecule has 0 atom stereocenters. The van der Waals surface area contributed by atoms with Gasteiger partial charge in [-0.15, -0.1) is 0 Å². The standard InChI is InChI=1S/C21H20Cl2N2O5/c1-10-16(20(28)29)17(12-6-5-11(22)7-13(12)23)18-14(24-10)8-25(19(18)27)9-15(26)30-21(2,3)4/h5-7H,8-9H2,1-4H3,(H,28,29). The summed E-state index contributed by atoms with van der Waals surface area (Å²) in [5.41, 5.74) is 0.452. The van der Waals surface area contributed by atoms with E-state index in [0.29, 0.717) is 16.3 Å². The van der Waals surface area contributed by atoms with Gasteiger partial charge in [-0.2, -0.15) is 0 Å². The summed E-state index contributed by atoms with van der Waals surface area (Å²) in [4.78, 5) is 43.0. The first-order chi connectivity index (χ1) is 13.9. The number of rotatable bonds is 4. The monoisotopic (exact) mass is 450 g/mol. The van der Waals surface area contributed by atoms with E-state index >= 15 is 0 Å². The molecular formula is C21H20Cl2N2O5. The topological polar surface area (TPSA) is 96.8 Å². The van der Waals surface area contributed by atoms with Crippen molar-refractivity contribution in [3.8, 4) is 11.1 Å². The second kappa shape index (κ2) is 7.89. The molecule has 1 amide bonds. The summed E-state index contributed by atoms with van der Waals surface area (Å²) >= 11 is 12.3. The number of fused-ring (bicyclic) bond motifs is 1. The third-order valence-electron chi connectivity index (χ3n) is 4.45. The number of pyridine rings is 1. The maximum absolute atomic E-state index is 13.2. The molecule has 1 aliphatic rings. The van der Waals surface area contributed by atoms with Gasteiger partial charge in [0.25, 0.3) is 5.91 Å². The van der Waals surface area contributed by atoms with Gasteiger partial charge in [0.1, 0.15) is 12.1 Å². The fourth-order valence-corrected chi connectivity index (χ4v) is 3.90. The summed E-state index contributed by atoms with van der Waals surface area (Å²) in [6, 6.07) is 4.61. The predicted molar refractivity (Wildman–Crippen MR) is 112 cm³/mol. The minimum Gasteiger partial charge on any atom is -0.478 e. The molecule has 2 aromatic rings. The van der Waals surface area contributed by atoms with E-state index in [2.05, 4.69) is 4.98 Å². The number of carbonyl (C=O) groups is 3. The van der Waals surface area contributed by atoms with Crippen molar-refractivity contribution in [3.63, 3.8) is 0 Å². The van der Waals surface area contributed by atoms with E-state index < -0.39 is 23.4 Å². The zero-order valence-corrected chi connectivity index (χ0v) is 18.4. The molecule has 7 nitrogen and oxygen atoms in total. The Morgan fingerprint density at radius 1 is 1.23 bits per heavy atom. The van der Waals surface area contributed by atoms with E-state index in [1.54, 1.807) is 39.8 Å². The first kappa shape index (κ1) is 22.1. The summed E-state index contributed by atoms with van der Waals surface area (Å²) in [6.45, 7) is 6.54. The summed E-state index contributed by atoms with van der Waals surface area (Å²) < 4.78 is 5.30. The first-order valence-corrected chi connectivity index (χ1v) is 9.88. The first-order valence-electron chi connectivity index (χ1n) is 9.12. The van der Waals surface area contributed by atoms with Gasteiger partial charge in [0.2, 0.25) is 0 Å². The van der Waals surface area contributed by atoms with E-state index in [1.165, 1.54) is 11.0 Å². The Labute approximate surface area is 183 Å². The highest BCUT2D eigenvalue weighted by Gasteiger charge is 2.37. The lowest BCUT2D eigenvalue weighted by molar-refractivity contribution is -0.155. The van der Waals surface area contributed by atoms with Crippen LogP contribution < -0.4 is 0 Å². The molecule has 2 heterocycles. The van der Waals surface area contributed by atoms with Crippen molar-refractivity contribution in [2.24, 2.45) is 0 Å². The number of aromatic nitrogens is 1. The zero-order valence-electron chi connectivity index (χ0n) is 16.9. The summed E-state index contributed by atoms with van der Waals surface area (Å²) in [7, 11) is 0. The number of benzene rings is 1. The average molecular weight is 451 g/mol. The lowest BCUT2D eigenvalue weighted by atomic mass is 9.93. The number of carboxylic acid groups (broad SMARTS) is 1. The third kappa shape index (κ3) is 4.27. The number of hydrogen-bond donors (Lipinski definition) is 1. The summed E-state index contributed by atoms with van der Waals surface area (Å²) in [6.07, 6.45) is 0. The van der Waals surface area contributed by atoms with E-state index in [1.807, 2.05) is 0 Å². The number of aryl methyl sites for hydroxylation is 1.